The summed E-state index contributed by atoms with van der Waals surface area (Å²) in [7, 11) is 0. The molecule has 2 saturated carbocycles. The molecule has 5 atom stereocenters. The van der Waals surface area contributed by atoms with E-state index >= 15 is 0 Å². The smallest absolute Gasteiger partial charge is 0.311 e. The minimum absolute atomic E-state index is 0.00665. The normalized spacial score (nSPS) is 37.3. The lowest BCUT2D eigenvalue weighted by Crippen LogP contribution is -2.47. The molecule has 7 heteroatoms. The molecule has 1 amide bonds. The number of nitrogens with one attached hydrogen (secondary N) is 1. The van der Waals surface area contributed by atoms with Gasteiger partial charge in [0.15, 0.2) is 6.10 Å². The average Bonchev–Trinajstić information content (AvgIpc) is 3.10. The lowest BCUT2D eigenvalue weighted by Gasteiger charge is -2.31. The number of hydrogen-bond acceptors (Lipinski definition) is 6. The van der Waals surface area contributed by atoms with Crippen molar-refractivity contribution in [3.05, 3.63) is 12.7 Å². The standard InChI is InChI=1S/C15H16N2O5/c1-2-11(18)17-4-3-12(19)21-13-8-5-9-10(6-8)15(13,7-16)22-14(9)20/h2,8-10,13H,1,3-6H2,(H,17,18). The van der Waals surface area contributed by atoms with Crippen molar-refractivity contribution in [2.75, 3.05) is 6.54 Å². The van der Waals surface area contributed by atoms with Crippen LogP contribution in [0.15, 0.2) is 12.7 Å². The zero-order valence-electron chi connectivity index (χ0n) is 11.9. The second-order valence-electron chi connectivity index (χ2n) is 5.93. The number of amides is 1. The summed E-state index contributed by atoms with van der Waals surface area (Å²) in [6, 6.07) is 2.07. The highest BCUT2D eigenvalue weighted by molar-refractivity contribution is 5.87. The van der Waals surface area contributed by atoms with Crippen molar-refractivity contribution >= 4 is 17.8 Å². The lowest BCUT2D eigenvalue weighted by molar-refractivity contribution is -0.169. The monoisotopic (exact) mass is 304 g/mol. The van der Waals surface area contributed by atoms with Crippen LogP contribution in [0.2, 0.25) is 0 Å². The van der Waals surface area contributed by atoms with Crippen molar-refractivity contribution in [2.24, 2.45) is 17.8 Å². The van der Waals surface area contributed by atoms with Crippen LogP contribution in [0.1, 0.15) is 19.3 Å². The molecule has 116 valence electrons. The molecule has 1 heterocycles. The Hall–Kier alpha value is -2.36. The number of rotatable bonds is 5. The summed E-state index contributed by atoms with van der Waals surface area (Å²) in [6.45, 7) is 3.44. The Morgan fingerprint density at radius 3 is 3.00 bits per heavy atom. The van der Waals surface area contributed by atoms with E-state index < -0.39 is 17.7 Å². The summed E-state index contributed by atoms with van der Waals surface area (Å²) in [5, 5.41) is 11.9. The number of hydrogen-bond donors (Lipinski definition) is 1. The molecule has 0 aromatic rings. The van der Waals surface area contributed by atoms with Crippen molar-refractivity contribution in [1.82, 2.24) is 5.32 Å². The number of nitrogens with zero attached hydrogens (tertiary/aromatic N) is 1. The Morgan fingerprint density at radius 2 is 2.32 bits per heavy atom. The first-order valence-electron chi connectivity index (χ1n) is 7.25. The second-order valence-corrected chi connectivity index (χ2v) is 5.93. The third-order valence-corrected chi connectivity index (χ3v) is 4.82. The van der Waals surface area contributed by atoms with Crippen molar-refractivity contribution in [2.45, 2.75) is 31.0 Å². The topological polar surface area (TPSA) is 105 Å². The van der Waals surface area contributed by atoms with Gasteiger partial charge in [0.2, 0.25) is 11.5 Å². The van der Waals surface area contributed by atoms with E-state index in [1.807, 2.05) is 0 Å². The van der Waals surface area contributed by atoms with Gasteiger partial charge in [0.1, 0.15) is 6.07 Å². The van der Waals surface area contributed by atoms with E-state index in [9.17, 15) is 19.6 Å². The Morgan fingerprint density at radius 1 is 1.55 bits per heavy atom. The molecule has 1 aliphatic heterocycles. The maximum Gasteiger partial charge on any atom is 0.311 e. The van der Waals surface area contributed by atoms with Gasteiger partial charge in [-0.3, -0.25) is 14.4 Å². The predicted molar refractivity (Wildman–Crippen MR) is 71.8 cm³/mol. The van der Waals surface area contributed by atoms with Gasteiger partial charge in [-0.15, -0.1) is 0 Å². The fourth-order valence-electron chi connectivity index (χ4n) is 3.91. The van der Waals surface area contributed by atoms with Crippen LogP contribution in [0.3, 0.4) is 0 Å². The molecular weight excluding hydrogens is 288 g/mol. The SMILES string of the molecule is C=CC(=O)NCCC(=O)OC1C2CC3C(=O)OC1(C#N)C3C2. The third-order valence-electron chi connectivity index (χ3n) is 4.82. The van der Waals surface area contributed by atoms with E-state index in [2.05, 4.69) is 18.0 Å². The first-order valence-corrected chi connectivity index (χ1v) is 7.25. The lowest BCUT2D eigenvalue weighted by atomic mass is 9.79. The van der Waals surface area contributed by atoms with Crippen LogP contribution in [0.4, 0.5) is 0 Å². The van der Waals surface area contributed by atoms with Gasteiger partial charge in [0.25, 0.3) is 0 Å². The molecule has 22 heavy (non-hydrogen) atoms. The minimum atomic E-state index is -1.31. The van der Waals surface area contributed by atoms with Gasteiger partial charge in [0, 0.05) is 18.4 Å². The van der Waals surface area contributed by atoms with Crippen LogP contribution in [0.5, 0.6) is 0 Å². The van der Waals surface area contributed by atoms with Crippen LogP contribution in [0.25, 0.3) is 0 Å². The molecule has 5 unspecified atom stereocenters. The molecule has 0 spiro atoms. The molecule has 1 N–H and O–H groups in total. The van der Waals surface area contributed by atoms with Crippen LogP contribution in [-0.2, 0) is 23.9 Å². The Kier molecular flexibility index (Phi) is 3.39. The van der Waals surface area contributed by atoms with Gasteiger partial charge in [-0.2, -0.15) is 5.26 Å². The highest BCUT2D eigenvalue weighted by Crippen LogP contribution is 2.61. The van der Waals surface area contributed by atoms with Gasteiger partial charge < -0.3 is 14.8 Å². The van der Waals surface area contributed by atoms with Crippen molar-refractivity contribution in [3.8, 4) is 6.07 Å². The molecule has 3 fully saturated rings. The summed E-state index contributed by atoms with van der Waals surface area (Å²) < 4.78 is 10.7. The molecule has 0 aromatic heterocycles. The van der Waals surface area contributed by atoms with E-state index in [0.717, 1.165) is 6.08 Å². The van der Waals surface area contributed by atoms with Gasteiger partial charge in [-0.05, 0) is 18.9 Å². The zero-order chi connectivity index (χ0) is 15.9. The van der Waals surface area contributed by atoms with Crippen LogP contribution in [0, 0.1) is 29.1 Å². The van der Waals surface area contributed by atoms with Gasteiger partial charge in [-0.1, -0.05) is 6.58 Å². The van der Waals surface area contributed by atoms with Gasteiger partial charge >= 0.3 is 11.9 Å². The van der Waals surface area contributed by atoms with E-state index in [4.69, 9.17) is 9.47 Å². The molecule has 2 aliphatic carbocycles. The average molecular weight is 304 g/mol. The zero-order valence-corrected chi connectivity index (χ0v) is 11.9. The highest BCUT2D eigenvalue weighted by atomic mass is 16.6. The fourth-order valence-corrected chi connectivity index (χ4v) is 3.91. The summed E-state index contributed by atoms with van der Waals surface area (Å²) in [6.07, 6.45) is 1.69. The first kappa shape index (κ1) is 14.6. The Balaban J connectivity index is 1.62. The van der Waals surface area contributed by atoms with E-state index in [-0.39, 0.29) is 42.6 Å². The number of carbonyl (C=O) groups is 3. The van der Waals surface area contributed by atoms with Crippen molar-refractivity contribution in [1.29, 1.82) is 5.26 Å². The van der Waals surface area contributed by atoms with Crippen LogP contribution in [-0.4, -0.2) is 36.1 Å². The number of esters is 2. The van der Waals surface area contributed by atoms with Gasteiger partial charge in [-0.25, -0.2) is 0 Å². The predicted octanol–water partition coefficient (Wildman–Crippen LogP) is 0.0657. The highest BCUT2D eigenvalue weighted by Gasteiger charge is 2.73. The van der Waals surface area contributed by atoms with Crippen molar-refractivity contribution in [3.63, 3.8) is 0 Å². The van der Waals surface area contributed by atoms with E-state index in [1.54, 1.807) is 0 Å². The summed E-state index contributed by atoms with van der Waals surface area (Å²) in [5.74, 6) is -1.65. The maximum absolute atomic E-state index is 11.9. The molecule has 3 rings (SSSR count). The van der Waals surface area contributed by atoms with Gasteiger partial charge in [0.05, 0.1) is 12.3 Å². The summed E-state index contributed by atoms with van der Waals surface area (Å²) in [5.41, 5.74) is -1.31. The van der Waals surface area contributed by atoms with Crippen LogP contribution >= 0.6 is 0 Å². The molecule has 7 nitrogen and oxygen atoms in total. The molecule has 3 aliphatic rings. The first-order chi connectivity index (χ1) is 10.5. The van der Waals surface area contributed by atoms with Crippen LogP contribution < -0.4 is 5.32 Å². The van der Waals surface area contributed by atoms with E-state index in [1.165, 1.54) is 0 Å². The molecule has 0 radical (unpaired) electrons. The number of fused-ring (bicyclic) bond motifs is 1. The molecular formula is C15H16N2O5. The van der Waals surface area contributed by atoms with Crippen molar-refractivity contribution < 1.29 is 23.9 Å². The third kappa shape index (κ3) is 1.98. The second kappa shape index (κ2) is 5.13. The Labute approximate surface area is 127 Å². The maximum atomic E-state index is 11.9. The number of ether oxygens (including phenoxy) is 2. The minimum Gasteiger partial charge on any atom is -0.457 e. The molecule has 2 bridgehead atoms. The quantitative estimate of drug-likeness (QED) is 0.569. The Bertz CT molecular complexity index is 595. The largest absolute Gasteiger partial charge is 0.457 e. The van der Waals surface area contributed by atoms with E-state index in [0.29, 0.717) is 12.8 Å². The number of nitriles is 1. The fraction of sp³-hybridized carbons (Fsp3) is 0.600. The molecule has 1 saturated heterocycles. The molecule has 0 aromatic carbocycles. The number of carbonyl (C=O) groups excluding carboxylic acids is 3. The summed E-state index contributed by atoms with van der Waals surface area (Å²) >= 11 is 0. The summed E-state index contributed by atoms with van der Waals surface area (Å²) in [4.78, 5) is 34.7.